The number of aliphatic hydroxyl groups is 1. The van der Waals surface area contributed by atoms with Gasteiger partial charge in [0.2, 0.25) is 0 Å². The molecule has 1 N–H and O–H groups in total. The summed E-state index contributed by atoms with van der Waals surface area (Å²) in [7, 11) is 1.05. The lowest BCUT2D eigenvalue weighted by atomic mass is 10.1. The molecule has 0 saturated carbocycles. The number of aliphatic hydroxyl groups excluding tert-OH is 1. The molecule has 10 nitrogen and oxygen atoms in total. The number of hydrogen-bond acceptors (Lipinski definition) is 9. The maximum absolute atomic E-state index is 12.7. The van der Waals surface area contributed by atoms with E-state index in [2.05, 4.69) is 68.5 Å². The summed E-state index contributed by atoms with van der Waals surface area (Å²) < 4.78 is 33.8. The molecule has 0 bridgehead atoms. The number of carbonyl (C=O) groups excluding carboxylic acids is 2. The fraction of sp³-hybridized carbons (Fsp3) is 0.640. The molecular formula is C50H84NO9P. The molecule has 0 aliphatic rings. The number of likely N-dealkylation sites (N-methyl/N-ethyl adjacent to an activating group) is 1. The zero-order valence-electron chi connectivity index (χ0n) is 38.7. The summed E-state index contributed by atoms with van der Waals surface area (Å²) in [5.41, 5.74) is 0. The van der Waals surface area contributed by atoms with Gasteiger partial charge in [-0.2, -0.15) is 0 Å². The lowest BCUT2D eigenvalue weighted by Crippen LogP contribution is -2.37. The van der Waals surface area contributed by atoms with E-state index in [0.29, 0.717) is 43.1 Å². The van der Waals surface area contributed by atoms with Gasteiger partial charge in [0.15, 0.2) is 6.10 Å². The number of rotatable bonds is 40. The highest BCUT2D eigenvalue weighted by Crippen LogP contribution is 2.38. The number of hydrogen-bond donors (Lipinski definition) is 1. The molecule has 3 atom stereocenters. The molecule has 0 aliphatic heterocycles. The second-order valence-corrected chi connectivity index (χ2v) is 17.7. The maximum atomic E-state index is 12.7. The Labute approximate surface area is 371 Å². The van der Waals surface area contributed by atoms with Crippen molar-refractivity contribution in [1.82, 2.24) is 0 Å². The van der Waals surface area contributed by atoms with Crippen LogP contribution in [0.3, 0.4) is 0 Å². The average Bonchev–Trinajstić information content (AvgIpc) is 3.21. The largest absolute Gasteiger partial charge is 0.756 e. The highest BCUT2D eigenvalue weighted by molar-refractivity contribution is 7.45. The number of ether oxygens (including phenoxy) is 2. The zero-order valence-corrected chi connectivity index (χ0v) is 39.6. The molecule has 0 aromatic carbocycles. The number of carbonyl (C=O) groups is 2. The van der Waals surface area contributed by atoms with Crippen LogP contribution in [0.5, 0.6) is 0 Å². The standard InChI is InChI=1S/C50H84NO9P/c1-6-8-10-12-14-15-16-17-18-19-20-21-22-23-24-25-29-33-37-41-49(53)57-45-48(46-59-61(55,56)58-44-43-51(3,4)5)60-50(54)42-38-34-30-26-28-32-36-40-47(52)39-35-31-27-13-11-9-7-2/h14-15,17-18,20-21,23-24,26-27,30-32,35-36,39,47-48,52H,6-13,16,19,22,25,28-29,33-34,37-38,40-46H2,1-5H3/b15-14-,18-17-,21-20-,24-23-,30-26+,31-27-,36-32-,39-35-/t47-,48+/m0/s1. The first-order chi connectivity index (χ1) is 29.4. The second kappa shape index (κ2) is 40.9. The molecule has 0 saturated heterocycles. The lowest BCUT2D eigenvalue weighted by molar-refractivity contribution is -0.870. The third-order valence-corrected chi connectivity index (χ3v) is 10.1. The van der Waals surface area contributed by atoms with Gasteiger partial charge in [0, 0.05) is 12.8 Å². The Kier molecular flexibility index (Phi) is 38.8. The molecule has 0 aromatic rings. The van der Waals surface area contributed by atoms with E-state index in [0.717, 1.165) is 44.9 Å². The minimum Gasteiger partial charge on any atom is -0.756 e. The van der Waals surface area contributed by atoms with Gasteiger partial charge in [-0.1, -0.05) is 143 Å². The molecule has 11 heteroatoms. The van der Waals surface area contributed by atoms with Crippen LogP contribution in [0.4, 0.5) is 0 Å². The molecule has 1 unspecified atom stereocenters. The van der Waals surface area contributed by atoms with Crippen molar-refractivity contribution in [3.8, 4) is 0 Å². The molecule has 61 heavy (non-hydrogen) atoms. The van der Waals surface area contributed by atoms with E-state index < -0.39 is 38.6 Å². The van der Waals surface area contributed by atoms with Crippen LogP contribution in [0.15, 0.2) is 97.2 Å². The molecule has 0 heterocycles. The first kappa shape index (κ1) is 57.9. The predicted octanol–water partition coefficient (Wildman–Crippen LogP) is 11.7. The van der Waals surface area contributed by atoms with Crippen molar-refractivity contribution in [1.29, 1.82) is 0 Å². The van der Waals surface area contributed by atoms with Crippen LogP contribution in [0.25, 0.3) is 0 Å². The minimum atomic E-state index is -4.67. The Bertz CT molecular complexity index is 1370. The third-order valence-electron chi connectivity index (χ3n) is 9.16. The summed E-state index contributed by atoms with van der Waals surface area (Å²) >= 11 is 0. The van der Waals surface area contributed by atoms with E-state index >= 15 is 0 Å². The number of quaternary nitrogens is 1. The van der Waals surface area contributed by atoms with Crippen molar-refractivity contribution < 1.29 is 47.2 Å². The normalized spacial score (nSPS) is 14.9. The summed E-state index contributed by atoms with van der Waals surface area (Å²) in [6.45, 7) is 3.95. The molecule has 0 rings (SSSR count). The van der Waals surface area contributed by atoms with Gasteiger partial charge in [-0.3, -0.25) is 14.2 Å². The quantitative estimate of drug-likeness (QED) is 0.0160. The lowest BCUT2D eigenvalue weighted by Gasteiger charge is -2.28. The van der Waals surface area contributed by atoms with Crippen LogP contribution in [0, 0.1) is 0 Å². The van der Waals surface area contributed by atoms with Crippen LogP contribution in [0.2, 0.25) is 0 Å². The molecule has 0 fully saturated rings. The van der Waals surface area contributed by atoms with E-state index in [4.69, 9.17) is 18.5 Å². The van der Waals surface area contributed by atoms with Crippen LogP contribution >= 0.6 is 7.82 Å². The number of nitrogens with zero attached hydrogens (tertiary/aromatic N) is 1. The maximum Gasteiger partial charge on any atom is 0.306 e. The van der Waals surface area contributed by atoms with Crippen molar-refractivity contribution in [2.24, 2.45) is 0 Å². The number of esters is 2. The van der Waals surface area contributed by atoms with Crippen LogP contribution in [-0.4, -0.2) is 81.2 Å². The molecule has 348 valence electrons. The Balaban J connectivity index is 4.57. The smallest absolute Gasteiger partial charge is 0.306 e. The van der Waals surface area contributed by atoms with Crippen LogP contribution in [-0.2, 0) is 32.7 Å². The van der Waals surface area contributed by atoms with E-state index in [9.17, 15) is 24.2 Å². The molecule has 0 spiro atoms. The molecular weight excluding hydrogens is 790 g/mol. The second-order valence-electron chi connectivity index (χ2n) is 16.3. The monoisotopic (exact) mass is 874 g/mol. The van der Waals surface area contributed by atoms with E-state index in [1.54, 1.807) is 6.08 Å². The SMILES string of the molecule is CCCCC/C=C\C=C/[C@H](O)C/C=C\C/C=C/CCCC(=O)O[C@H](COC(=O)CCCCC/C=C\C/C=C\C/C=C\C/C=C\CCCCC)COP(=O)([O-])OCC[N+](C)(C)C. The van der Waals surface area contributed by atoms with Gasteiger partial charge < -0.3 is 33.0 Å². The summed E-state index contributed by atoms with van der Waals surface area (Å²) in [6, 6.07) is 0. The zero-order chi connectivity index (χ0) is 45.1. The van der Waals surface area contributed by atoms with Crippen molar-refractivity contribution in [3.63, 3.8) is 0 Å². The first-order valence-electron chi connectivity index (χ1n) is 23.1. The van der Waals surface area contributed by atoms with Gasteiger partial charge in [-0.25, -0.2) is 0 Å². The van der Waals surface area contributed by atoms with Gasteiger partial charge in [0.1, 0.15) is 19.8 Å². The van der Waals surface area contributed by atoms with Crippen molar-refractivity contribution in [3.05, 3.63) is 97.2 Å². The van der Waals surface area contributed by atoms with Gasteiger partial charge in [0.05, 0.1) is 33.9 Å². The Morgan fingerprint density at radius 3 is 1.69 bits per heavy atom. The summed E-state index contributed by atoms with van der Waals surface area (Å²) in [5.74, 6) is -0.988. The minimum absolute atomic E-state index is 0.0636. The van der Waals surface area contributed by atoms with E-state index in [-0.39, 0.29) is 26.1 Å². The highest BCUT2D eigenvalue weighted by Gasteiger charge is 2.21. The van der Waals surface area contributed by atoms with Gasteiger partial charge in [-0.15, -0.1) is 0 Å². The predicted molar refractivity (Wildman–Crippen MR) is 251 cm³/mol. The highest BCUT2D eigenvalue weighted by atomic mass is 31.2. The van der Waals surface area contributed by atoms with Crippen LogP contribution < -0.4 is 4.89 Å². The van der Waals surface area contributed by atoms with E-state index in [1.165, 1.54) is 44.9 Å². The molecule has 0 aromatic heterocycles. The topological polar surface area (TPSA) is 131 Å². The molecule has 0 amide bonds. The Morgan fingerprint density at radius 2 is 1.11 bits per heavy atom. The van der Waals surface area contributed by atoms with Crippen molar-refractivity contribution in [2.75, 3.05) is 47.5 Å². The number of unbranched alkanes of at least 4 members (excludes halogenated alkanes) is 10. The number of phosphoric ester groups is 1. The Morgan fingerprint density at radius 1 is 0.607 bits per heavy atom. The van der Waals surface area contributed by atoms with Gasteiger partial charge >= 0.3 is 11.9 Å². The summed E-state index contributed by atoms with van der Waals surface area (Å²) in [6.07, 6.45) is 50.3. The third kappa shape index (κ3) is 44.7. The summed E-state index contributed by atoms with van der Waals surface area (Å²) in [4.78, 5) is 37.6. The fourth-order valence-electron chi connectivity index (χ4n) is 5.47. The number of phosphoric acid groups is 1. The van der Waals surface area contributed by atoms with Gasteiger partial charge in [-0.05, 0) is 89.9 Å². The van der Waals surface area contributed by atoms with Gasteiger partial charge in [0.25, 0.3) is 7.82 Å². The average molecular weight is 874 g/mol. The number of allylic oxidation sites excluding steroid dienone is 14. The van der Waals surface area contributed by atoms with Crippen molar-refractivity contribution >= 4 is 19.8 Å². The Hall–Kier alpha value is -3.11. The molecule has 0 aliphatic carbocycles. The molecule has 0 radical (unpaired) electrons. The first-order valence-corrected chi connectivity index (χ1v) is 24.5. The summed E-state index contributed by atoms with van der Waals surface area (Å²) in [5, 5.41) is 10.1. The van der Waals surface area contributed by atoms with Crippen molar-refractivity contribution in [2.45, 2.75) is 161 Å². The van der Waals surface area contributed by atoms with E-state index in [1.807, 2.05) is 57.6 Å². The fourth-order valence-corrected chi connectivity index (χ4v) is 6.20. The van der Waals surface area contributed by atoms with Crippen LogP contribution in [0.1, 0.15) is 149 Å².